The SMILES string of the molecule is Cc1ccc(C#Cc2cc(C)cc(-c3nc4ccccc4o3)c2OB(F)F)cc1. The molecule has 142 valence electrons. The maximum atomic E-state index is 13.2. The van der Waals surface area contributed by atoms with E-state index in [4.69, 9.17) is 9.07 Å². The van der Waals surface area contributed by atoms with Crippen molar-refractivity contribution in [3.8, 4) is 29.0 Å². The van der Waals surface area contributed by atoms with Crippen molar-refractivity contribution in [1.82, 2.24) is 4.98 Å². The van der Waals surface area contributed by atoms with Crippen molar-refractivity contribution in [3.63, 3.8) is 0 Å². The Morgan fingerprint density at radius 3 is 2.41 bits per heavy atom. The molecule has 0 fully saturated rings. The minimum atomic E-state index is -3.00. The van der Waals surface area contributed by atoms with E-state index in [1.807, 2.05) is 50.2 Å². The zero-order valence-electron chi connectivity index (χ0n) is 15.9. The molecule has 1 heterocycles. The quantitative estimate of drug-likeness (QED) is 0.329. The van der Waals surface area contributed by atoms with Crippen LogP contribution in [0.1, 0.15) is 22.3 Å². The molecule has 1 aromatic heterocycles. The first-order valence-corrected chi connectivity index (χ1v) is 9.04. The van der Waals surface area contributed by atoms with Crippen molar-refractivity contribution in [2.75, 3.05) is 0 Å². The highest BCUT2D eigenvalue weighted by Gasteiger charge is 2.25. The summed E-state index contributed by atoms with van der Waals surface area (Å²) in [6.07, 6.45) is 0. The summed E-state index contributed by atoms with van der Waals surface area (Å²) in [7, 11) is -3.00. The van der Waals surface area contributed by atoms with Gasteiger partial charge in [-0.15, -0.1) is 0 Å². The minimum Gasteiger partial charge on any atom is -0.503 e. The molecular weight excluding hydrogens is 371 g/mol. The Morgan fingerprint density at radius 1 is 0.931 bits per heavy atom. The van der Waals surface area contributed by atoms with E-state index in [2.05, 4.69) is 16.8 Å². The van der Waals surface area contributed by atoms with E-state index < -0.39 is 7.47 Å². The van der Waals surface area contributed by atoms with Gasteiger partial charge in [0.1, 0.15) is 11.3 Å². The Balaban J connectivity index is 1.86. The topological polar surface area (TPSA) is 35.3 Å². The maximum absolute atomic E-state index is 13.2. The summed E-state index contributed by atoms with van der Waals surface area (Å²) in [5, 5.41) is 0. The fraction of sp³-hybridized carbons (Fsp3) is 0.0870. The molecule has 0 aliphatic carbocycles. The van der Waals surface area contributed by atoms with Gasteiger partial charge in [-0.3, -0.25) is 0 Å². The molecule has 0 saturated heterocycles. The predicted octanol–water partition coefficient (Wildman–Crippen LogP) is 5.81. The number of para-hydroxylation sites is 2. The second-order valence-electron chi connectivity index (χ2n) is 6.67. The summed E-state index contributed by atoms with van der Waals surface area (Å²) >= 11 is 0. The first kappa shape index (κ1) is 18.8. The molecule has 0 aliphatic rings. The van der Waals surface area contributed by atoms with Crippen LogP contribution in [0.25, 0.3) is 22.6 Å². The number of rotatable bonds is 3. The second-order valence-corrected chi connectivity index (χ2v) is 6.67. The molecule has 0 N–H and O–H groups in total. The van der Waals surface area contributed by atoms with Crippen molar-refractivity contribution < 1.29 is 17.7 Å². The van der Waals surface area contributed by atoms with Crippen molar-refractivity contribution in [2.45, 2.75) is 13.8 Å². The van der Waals surface area contributed by atoms with E-state index >= 15 is 0 Å². The van der Waals surface area contributed by atoms with Crippen molar-refractivity contribution in [2.24, 2.45) is 0 Å². The molecule has 0 saturated carbocycles. The average Bonchev–Trinajstić information content (AvgIpc) is 3.12. The van der Waals surface area contributed by atoms with Gasteiger partial charge in [0.05, 0.1) is 11.1 Å². The molecule has 0 radical (unpaired) electrons. The van der Waals surface area contributed by atoms with Crippen LogP contribution in [0.3, 0.4) is 0 Å². The molecule has 0 unspecified atom stereocenters. The third-order valence-electron chi connectivity index (χ3n) is 4.36. The van der Waals surface area contributed by atoms with E-state index in [-0.39, 0.29) is 11.6 Å². The van der Waals surface area contributed by atoms with E-state index in [0.29, 0.717) is 22.2 Å². The monoisotopic (exact) mass is 387 g/mol. The van der Waals surface area contributed by atoms with Crippen LogP contribution in [0.4, 0.5) is 8.63 Å². The van der Waals surface area contributed by atoms with Gasteiger partial charge in [-0.1, -0.05) is 41.7 Å². The number of oxazole rings is 1. The van der Waals surface area contributed by atoms with Crippen LogP contribution in [0, 0.1) is 25.7 Å². The van der Waals surface area contributed by atoms with Crippen LogP contribution in [-0.4, -0.2) is 12.5 Å². The predicted molar refractivity (Wildman–Crippen MR) is 110 cm³/mol. The highest BCUT2D eigenvalue weighted by atomic mass is 19.2. The van der Waals surface area contributed by atoms with E-state index in [0.717, 1.165) is 16.7 Å². The van der Waals surface area contributed by atoms with Gasteiger partial charge < -0.3 is 9.07 Å². The van der Waals surface area contributed by atoms with Crippen LogP contribution in [0.5, 0.6) is 5.75 Å². The molecule has 0 bridgehead atoms. The number of fused-ring (bicyclic) bond motifs is 1. The Kier molecular flexibility index (Phi) is 5.05. The van der Waals surface area contributed by atoms with Crippen LogP contribution >= 0.6 is 0 Å². The molecule has 0 atom stereocenters. The molecule has 3 nitrogen and oxygen atoms in total. The molecule has 4 rings (SSSR count). The third kappa shape index (κ3) is 4.14. The summed E-state index contributed by atoms with van der Waals surface area (Å²) in [6, 6.07) is 18.3. The fourth-order valence-electron chi connectivity index (χ4n) is 3.00. The lowest BCUT2D eigenvalue weighted by molar-refractivity contribution is 0.425. The smallest absolute Gasteiger partial charge is 0.503 e. The summed E-state index contributed by atoms with van der Waals surface area (Å²) in [4.78, 5) is 4.42. The Bertz CT molecular complexity index is 1200. The van der Waals surface area contributed by atoms with E-state index in [1.165, 1.54) is 0 Å². The number of aryl methyl sites for hydroxylation is 2. The Hall–Kier alpha value is -3.59. The van der Waals surface area contributed by atoms with Crippen LogP contribution in [-0.2, 0) is 0 Å². The molecule has 29 heavy (non-hydrogen) atoms. The highest BCUT2D eigenvalue weighted by molar-refractivity contribution is 6.35. The van der Waals surface area contributed by atoms with Crippen LogP contribution < -0.4 is 4.65 Å². The molecular formula is C23H16BF2NO2. The number of aromatic nitrogens is 1. The first-order chi connectivity index (χ1) is 14.0. The minimum absolute atomic E-state index is 0.0447. The average molecular weight is 387 g/mol. The number of hydrogen-bond donors (Lipinski definition) is 0. The van der Waals surface area contributed by atoms with Crippen molar-refractivity contribution in [1.29, 1.82) is 0 Å². The van der Waals surface area contributed by atoms with Gasteiger partial charge in [0.15, 0.2) is 5.58 Å². The van der Waals surface area contributed by atoms with Gasteiger partial charge in [0.2, 0.25) is 5.89 Å². The summed E-state index contributed by atoms with van der Waals surface area (Å²) in [6.45, 7) is 3.84. The van der Waals surface area contributed by atoms with Gasteiger partial charge in [0.25, 0.3) is 0 Å². The molecule has 0 amide bonds. The lowest BCUT2D eigenvalue weighted by atomic mass is 10.0. The lowest BCUT2D eigenvalue weighted by Crippen LogP contribution is -2.11. The molecule has 0 aliphatic heterocycles. The van der Waals surface area contributed by atoms with Crippen LogP contribution in [0.2, 0.25) is 0 Å². The Morgan fingerprint density at radius 2 is 1.69 bits per heavy atom. The first-order valence-electron chi connectivity index (χ1n) is 9.04. The summed E-state index contributed by atoms with van der Waals surface area (Å²) < 4.78 is 37.0. The second kappa shape index (κ2) is 7.80. The van der Waals surface area contributed by atoms with Crippen LogP contribution in [0.15, 0.2) is 65.1 Å². The number of nitrogens with zero attached hydrogens (tertiary/aromatic N) is 1. The summed E-state index contributed by atoms with van der Waals surface area (Å²) in [5.41, 5.74) is 4.63. The molecule has 0 spiro atoms. The standard InChI is InChI=1S/C23H16BF2NO2/c1-15-7-9-17(10-8-15)11-12-18-13-16(2)14-19(22(18)29-24(25)26)23-27-20-5-3-4-6-21(20)28-23/h3-10,13-14H,1-2H3. The number of halogens is 2. The third-order valence-corrected chi connectivity index (χ3v) is 4.36. The molecule has 3 aromatic carbocycles. The number of hydrogen-bond acceptors (Lipinski definition) is 3. The fourth-order valence-corrected chi connectivity index (χ4v) is 3.00. The normalized spacial score (nSPS) is 10.5. The summed E-state index contributed by atoms with van der Waals surface area (Å²) in [5.74, 6) is 6.14. The van der Waals surface area contributed by atoms with Gasteiger partial charge in [0, 0.05) is 5.56 Å². The lowest BCUT2D eigenvalue weighted by Gasteiger charge is -2.11. The highest BCUT2D eigenvalue weighted by Crippen LogP contribution is 2.36. The number of benzene rings is 3. The zero-order chi connectivity index (χ0) is 20.4. The van der Waals surface area contributed by atoms with Gasteiger partial charge in [-0.2, -0.15) is 0 Å². The molecule has 6 heteroatoms. The van der Waals surface area contributed by atoms with Gasteiger partial charge >= 0.3 is 7.47 Å². The molecule has 4 aromatic rings. The van der Waals surface area contributed by atoms with Crippen molar-refractivity contribution >= 4 is 18.6 Å². The zero-order valence-corrected chi connectivity index (χ0v) is 15.9. The largest absolute Gasteiger partial charge is 0.796 e. The van der Waals surface area contributed by atoms with Gasteiger partial charge in [-0.05, 0) is 55.8 Å². The van der Waals surface area contributed by atoms with E-state index in [1.54, 1.807) is 24.3 Å². The van der Waals surface area contributed by atoms with Gasteiger partial charge in [-0.25, -0.2) is 13.6 Å². The van der Waals surface area contributed by atoms with E-state index in [9.17, 15) is 8.63 Å². The van der Waals surface area contributed by atoms with Crippen molar-refractivity contribution in [3.05, 3.63) is 82.9 Å². The Labute approximate surface area is 167 Å². The maximum Gasteiger partial charge on any atom is 0.796 e.